The van der Waals surface area contributed by atoms with Crippen LogP contribution in [0.5, 0.6) is 11.6 Å². The molecule has 140 valence electrons. The minimum atomic E-state index is -1.16. The lowest BCUT2D eigenvalue weighted by Crippen LogP contribution is -2.04. The van der Waals surface area contributed by atoms with Gasteiger partial charge >= 0.3 is 11.9 Å². The number of carbonyl (C=O) groups is 2. The molecule has 8 nitrogen and oxygen atoms in total. The van der Waals surface area contributed by atoms with Gasteiger partial charge in [-0.3, -0.25) is 0 Å². The number of aromatic nitrogens is 3. The van der Waals surface area contributed by atoms with Gasteiger partial charge in [-0.25, -0.2) is 19.6 Å². The van der Waals surface area contributed by atoms with E-state index in [2.05, 4.69) is 9.97 Å². The highest BCUT2D eigenvalue weighted by atomic mass is 16.5. The van der Waals surface area contributed by atoms with Crippen molar-refractivity contribution >= 4 is 28.4 Å². The summed E-state index contributed by atoms with van der Waals surface area (Å²) in [5.74, 6) is -0.907. The number of ether oxygens (including phenoxy) is 2. The molecule has 0 radical (unpaired) electrons. The Kier molecular flexibility index (Phi) is 4.36. The number of hydrogen-bond donors (Lipinski definition) is 1. The molecule has 3 aromatic heterocycles. The van der Waals surface area contributed by atoms with Crippen molar-refractivity contribution < 1.29 is 24.2 Å². The van der Waals surface area contributed by atoms with Gasteiger partial charge in [-0.05, 0) is 31.2 Å². The van der Waals surface area contributed by atoms with Crippen molar-refractivity contribution in [2.45, 2.75) is 6.92 Å². The van der Waals surface area contributed by atoms with Gasteiger partial charge in [-0.2, -0.15) is 0 Å². The van der Waals surface area contributed by atoms with Crippen LogP contribution in [-0.2, 0) is 4.74 Å². The number of benzene rings is 1. The van der Waals surface area contributed by atoms with E-state index in [1.54, 1.807) is 25.1 Å². The third-order valence-corrected chi connectivity index (χ3v) is 4.16. The van der Waals surface area contributed by atoms with Crippen LogP contribution in [0.4, 0.5) is 0 Å². The fourth-order valence-electron chi connectivity index (χ4n) is 3.00. The average Bonchev–Trinajstić information content (AvgIpc) is 3.02. The first-order valence-electron chi connectivity index (χ1n) is 8.51. The number of esters is 1. The normalized spacial score (nSPS) is 10.9. The maximum absolute atomic E-state index is 12.5. The molecule has 4 aromatic rings. The summed E-state index contributed by atoms with van der Waals surface area (Å²) in [5.41, 5.74) is 1.83. The predicted molar refractivity (Wildman–Crippen MR) is 99.9 cm³/mol. The highest BCUT2D eigenvalue weighted by Crippen LogP contribution is 2.31. The SMILES string of the molecule is CCOC(=O)c1c2ccc(Oc3cnc(C(=O)O)cn3)cc2n2ccccc12. The van der Waals surface area contributed by atoms with Crippen molar-refractivity contribution in [1.29, 1.82) is 0 Å². The molecule has 28 heavy (non-hydrogen) atoms. The first-order chi connectivity index (χ1) is 13.6. The van der Waals surface area contributed by atoms with E-state index in [0.29, 0.717) is 11.3 Å². The van der Waals surface area contributed by atoms with Gasteiger partial charge in [0, 0.05) is 17.6 Å². The molecular formula is C20H15N3O5. The second-order valence-corrected chi connectivity index (χ2v) is 5.88. The fraction of sp³-hybridized carbons (Fsp3) is 0.100. The van der Waals surface area contributed by atoms with Crippen molar-refractivity contribution in [1.82, 2.24) is 14.4 Å². The molecule has 0 aliphatic rings. The van der Waals surface area contributed by atoms with Crippen molar-refractivity contribution in [2.24, 2.45) is 0 Å². The Morgan fingerprint density at radius 3 is 2.68 bits per heavy atom. The second-order valence-electron chi connectivity index (χ2n) is 5.88. The van der Waals surface area contributed by atoms with E-state index in [1.807, 2.05) is 28.8 Å². The van der Waals surface area contributed by atoms with Gasteiger partial charge in [0.05, 0.1) is 35.6 Å². The van der Waals surface area contributed by atoms with Gasteiger partial charge in [0.15, 0.2) is 5.69 Å². The molecule has 0 aliphatic carbocycles. The summed E-state index contributed by atoms with van der Waals surface area (Å²) >= 11 is 0. The van der Waals surface area contributed by atoms with Crippen molar-refractivity contribution in [2.75, 3.05) is 6.61 Å². The van der Waals surface area contributed by atoms with E-state index < -0.39 is 5.97 Å². The molecule has 0 fully saturated rings. The Hall–Kier alpha value is -3.94. The zero-order valence-electron chi connectivity index (χ0n) is 14.8. The Morgan fingerprint density at radius 2 is 1.96 bits per heavy atom. The first kappa shape index (κ1) is 17.5. The monoisotopic (exact) mass is 377 g/mol. The highest BCUT2D eigenvalue weighted by Gasteiger charge is 2.19. The van der Waals surface area contributed by atoms with Gasteiger partial charge in [-0.15, -0.1) is 0 Å². The zero-order chi connectivity index (χ0) is 19.7. The van der Waals surface area contributed by atoms with Crippen molar-refractivity contribution in [3.63, 3.8) is 0 Å². The van der Waals surface area contributed by atoms with E-state index >= 15 is 0 Å². The van der Waals surface area contributed by atoms with E-state index in [1.165, 1.54) is 6.20 Å². The summed E-state index contributed by atoms with van der Waals surface area (Å²) in [6.07, 6.45) is 4.22. The molecule has 0 amide bonds. The van der Waals surface area contributed by atoms with Crippen LogP contribution in [0.2, 0.25) is 0 Å². The maximum Gasteiger partial charge on any atom is 0.356 e. The maximum atomic E-state index is 12.5. The Bertz CT molecular complexity index is 1200. The lowest BCUT2D eigenvalue weighted by molar-refractivity contribution is 0.0530. The lowest BCUT2D eigenvalue weighted by Gasteiger charge is -2.05. The summed E-state index contributed by atoms with van der Waals surface area (Å²) in [5, 5.41) is 9.63. The molecule has 0 bridgehead atoms. The molecule has 0 saturated heterocycles. The van der Waals surface area contributed by atoms with Crippen LogP contribution in [0.15, 0.2) is 55.0 Å². The molecule has 0 atom stereocenters. The number of nitrogens with zero attached hydrogens (tertiary/aromatic N) is 3. The quantitative estimate of drug-likeness (QED) is 0.531. The average molecular weight is 377 g/mol. The standard InChI is InChI=1S/C20H15N3O5/c1-2-27-20(26)18-13-7-6-12(9-16(13)23-8-4-3-5-15(18)23)28-17-11-21-14(10-22-17)19(24)25/h3-11H,2H2,1H3,(H,24,25). The van der Waals surface area contributed by atoms with E-state index in [-0.39, 0.29) is 24.2 Å². The summed E-state index contributed by atoms with van der Waals surface area (Å²) in [6.45, 7) is 2.05. The lowest BCUT2D eigenvalue weighted by atomic mass is 10.1. The number of carboxylic acid groups (broad SMARTS) is 1. The molecule has 0 unspecified atom stereocenters. The third kappa shape index (κ3) is 3.01. The fourth-order valence-corrected chi connectivity index (χ4v) is 3.00. The molecular weight excluding hydrogens is 362 g/mol. The molecule has 0 spiro atoms. The van der Waals surface area contributed by atoms with Gasteiger partial charge in [0.2, 0.25) is 5.88 Å². The predicted octanol–water partition coefficient (Wildman–Crippen LogP) is 3.55. The molecule has 1 aromatic carbocycles. The third-order valence-electron chi connectivity index (χ3n) is 4.16. The molecule has 0 saturated carbocycles. The van der Waals surface area contributed by atoms with Crippen LogP contribution in [-0.4, -0.2) is 38.0 Å². The summed E-state index contributed by atoms with van der Waals surface area (Å²) < 4.78 is 12.8. The molecule has 4 rings (SSSR count). The van der Waals surface area contributed by atoms with Crippen LogP contribution in [0.25, 0.3) is 16.4 Å². The van der Waals surface area contributed by atoms with Gasteiger partial charge in [0.1, 0.15) is 5.75 Å². The number of hydrogen-bond acceptors (Lipinski definition) is 6. The van der Waals surface area contributed by atoms with Gasteiger partial charge in [-0.1, -0.05) is 6.07 Å². The molecule has 1 N–H and O–H groups in total. The zero-order valence-corrected chi connectivity index (χ0v) is 14.8. The van der Waals surface area contributed by atoms with Crippen molar-refractivity contribution in [3.05, 3.63) is 66.2 Å². The van der Waals surface area contributed by atoms with E-state index in [9.17, 15) is 9.59 Å². The minimum absolute atomic E-state index is 0.163. The van der Waals surface area contributed by atoms with E-state index in [4.69, 9.17) is 14.6 Å². The first-order valence-corrected chi connectivity index (χ1v) is 8.51. The Morgan fingerprint density at radius 1 is 1.11 bits per heavy atom. The van der Waals surface area contributed by atoms with Gasteiger partial charge < -0.3 is 19.0 Å². The second kappa shape index (κ2) is 6.99. The molecule has 0 aliphatic heterocycles. The highest BCUT2D eigenvalue weighted by molar-refractivity contribution is 6.11. The topological polar surface area (TPSA) is 103 Å². The summed E-state index contributed by atoms with van der Waals surface area (Å²) in [7, 11) is 0. The van der Waals surface area contributed by atoms with Crippen LogP contribution in [0.1, 0.15) is 27.8 Å². The Balaban J connectivity index is 1.77. The largest absolute Gasteiger partial charge is 0.476 e. The summed E-state index contributed by atoms with van der Waals surface area (Å²) in [4.78, 5) is 31.1. The number of rotatable bonds is 5. The molecule has 8 heteroatoms. The number of carboxylic acids is 1. The van der Waals surface area contributed by atoms with Crippen molar-refractivity contribution in [3.8, 4) is 11.6 Å². The summed E-state index contributed by atoms with van der Waals surface area (Å²) in [6, 6.07) is 10.8. The van der Waals surface area contributed by atoms with Crippen LogP contribution in [0, 0.1) is 0 Å². The number of carbonyl (C=O) groups excluding carboxylic acids is 1. The Labute approximate surface area is 159 Å². The van der Waals surface area contributed by atoms with E-state index in [0.717, 1.165) is 22.6 Å². The van der Waals surface area contributed by atoms with Crippen LogP contribution < -0.4 is 4.74 Å². The number of aromatic carboxylic acids is 1. The number of pyridine rings is 1. The minimum Gasteiger partial charge on any atom is -0.476 e. The van der Waals surface area contributed by atoms with Gasteiger partial charge in [0.25, 0.3) is 0 Å². The van der Waals surface area contributed by atoms with Crippen LogP contribution in [0.3, 0.4) is 0 Å². The smallest absolute Gasteiger partial charge is 0.356 e. The van der Waals surface area contributed by atoms with Crippen LogP contribution >= 0.6 is 0 Å². The number of fused-ring (bicyclic) bond motifs is 3. The molecule has 3 heterocycles.